The van der Waals surface area contributed by atoms with E-state index in [0.717, 1.165) is 11.5 Å². The summed E-state index contributed by atoms with van der Waals surface area (Å²) in [6.45, 7) is 2.72. The Bertz CT molecular complexity index is 949. The van der Waals surface area contributed by atoms with E-state index in [4.69, 9.17) is 9.47 Å². The fourth-order valence-electron chi connectivity index (χ4n) is 2.85. The normalized spacial score (nSPS) is 10.2. The van der Waals surface area contributed by atoms with E-state index in [2.05, 4.69) is 36.4 Å². The van der Waals surface area contributed by atoms with Crippen LogP contribution in [0.4, 0.5) is 0 Å². The molecule has 0 radical (unpaired) electrons. The molecule has 0 saturated carbocycles. The van der Waals surface area contributed by atoms with Crippen molar-refractivity contribution in [2.24, 2.45) is 0 Å². The third-order valence-corrected chi connectivity index (χ3v) is 4.02. The number of rotatable bonds is 3. The molecule has 0 unspecified atom stereocenters. The van der Waals surface area contributed by atoms with E-state index in [1.165, 1.54) is 21.5 Å². The Morgan fingerprint density at radius 2 is 1.08 bits per heavy atom. The van der Waals surface area contributed by atoms with Gasteiger partial charge in [0.25, 0.3) is 0 Å². The van der Waals surface area contributed by atoms with Crippen molar-refractivity contribution in [2.75, 3.05) is 13.7 Å². The zero-order valence-electron chi connectivity index (χ0n) is 14.6. The van der Waals surface area contributed by atoms with E-state index in [1.807, 2.05) is 55.5 Å². The first kappa shape index (κ1) is 16.8. The predicted molar refractivity (Wildman–Crippen MR) is 106 cm³/mol. The second-order valence-corrected chi connectivity index (χ2v) is 5.59. The number of hydrogen-bond acceptors (Lipinski definition) is 2. The Hall–Kier alpha value is -3.00. The first-order valence-electron chi connectivity index (χ1n) is 8.46. The summed E-state index contributed by atoms with van der Waals surface area (Å²) in [5.41, 5.74) is 0. The van der Waals surface area contributed by atoms with Gasteiger partial charge in [-0.3, -0.25) is 0 Å². The summed E-state index contributed by atoms with van der Waals surface area (Å²) in [5, 5.41) is 4.81. The van der Waals surface area contributed by atoms with Gasteiger partial charge in [-0.25, -0.2) is 0 Å². The second-order valence-electron chi connectivity index (χ2n) is 5.59. The van der Waals surface area contributed by atoms with Gasteiger partial charge < -0.3 is 9.47 Å². The van der Waals surface area contributed by atoms with E-state index >= 15 is 0 Å². The molecule has 0 aromatic heterocycles. The molecule has 2 nitrogen and oxygen atoms in total. The van der Waals surface area contributed by atoms with Crippen molar-refractivity contribution in [1.82, 2.24) is 0 Å². The van der Waals surface area contributed by atoms with E-state index in [0.29, 0.717) is 6.61 Å². The molecule has 126 valence electrons. The summed E-state index contributed by atoms with van der Waals surface area (Å²) in [5.74, 6) is 1.91. The highest BCUT2D eigenvalue weighted by molar-refractivity contribution is 5.88. The fraction of sp³-hybridized carbons (Fsp3) is 0.130. The monoisotopic (exact) mass is 330 g/mol. The molecule has 0 bridgehead atoms. The molecular weight excluding hydrogens is 308 g/mol. The highest BCUT2D eigenvalue weighted by atomic mass is 16.5. The van der Waals surface area contributed by atoms with Crippen molar-refractivity contribution in [3.05, 3.63) is 84.9 Å². The van der Waals surface area contributed by atoms with Crippen LogP contribution >= 0.6 is 0 Å². The minimum atomic E-state index is 0.716. The SMILES string of the molecule is CCOc1cccc2ccccc12.COc1cccc2ccccc12. The van der Waals surface area contributed by atoms with Crippen molar-refractivity contribution in [3.63, 3.8) is 0 Å². The molecule has 0 atom stereocenters. The second kappa shape index (κ2) is 8.20. The van der Waals surface area contributed by atoms with Crippen molar-refractivity contribution >= 4 is 21.5 Å². The lowest BCUT2D eigenvalue weighted by Gasteiger charge is -2.06. The van der Waals surface area contributed by atoms with Gasteiger partial charge in [0.1, 0.15) is 11.5 Å². The van der Waals surface area contributed by atoms with E-state index in [1.54, 1.807) is 7.11 Å². The van der Waals surface area contributed by atoms with Gasteiger partial charge in [-0.15, -0.1) is 0 Å². The van der Waals surface area contributed by atoms with E-state index in [9.17, 15) is 0 Å². The number of fused-ring (bicyclic) bond motifs is 2. The van der Waals surface area contributed by atoms with Crippen LogP contribution in [0.3, 0.4) is 0 Å². The predicted octanol–water partition coefficient (Wildman–Crippen LogP) is 6.09. The highest BCUT2D eigenvalue weighted by Gasteiger charge is 1.98. The van der Waals surface area contributed by atoms with Crippen LogP contribution in [-0.2, 0) is 0 Å². The van der Waals surface area contributed by atoms with Gasteiger partial charge in [-0.1, -0.05) is 72.8 Å². The van der Waals surface area contributed by atoms with Crippen molar-refractivity contribution < 1.29 is 9.47 Å². The Kier molecular flexibility index (Phi) is 5.53. The van der Waals surface area contributed by atoms with Gasteiger partial charge >= 0.3 is 0 Å². The minimum absolute atomic E-state index is 0.716. The molecule has 0 amide bonds. The molecule has 2 heteroatoms. The number of methoxy groups -OCH3 is 1. The Morgan fingerprint density at radius 3 is 1.64 bits per heavy atom. The van der Waals surface area contributed by atoms with Gasteiger partial charge in [0.2, 0.25) is 0 Å². The van der Waals surface area contributed by atoms with Crippen LogP contribution in [-0.4, -0.2) is 13.7 Å². The number of hydrogen-bond donors (Lipinski definition) is 0. The largest absolute Gasteiger partial charge is 0.496 e. The third kappa shape index (κ3) is 3.92. The quantitative estimate of drug-likeness (QED) is 0.453. The molecule has 0 fully saturated rings. The van der Waals surface area contributed by atoms with Crippen molar-refractivity contribution in [2.45, 2.75) is 6.92 Å². The average molecular weight is 330 g/mol. The first-order chi connectivity index (χ1) is 12.3. The number of ether oxygens (including phenoxy) is 2. The zero-order chi connectivity index (χ0) is 17.5. The first-order valence-corrected chi connectivity index (χ1v) is 8.46. The average Bonchev–Trinajstić information content (AvgIpc) is 2.68. The summed E-state index contributed by atoms with van der Waals surface area (Å²) in [6.07, 6.45) is 0. The van der Waals surface area contributed by atoms with Crippen LogP contribution < -0.4 is 9.47 Å². The summed E-state index contributed by atoms with van der Waals surface area (Å²) in [4.78, 5) is 0. The van der Waals surface area contributed by atoms with Gasteiger partial charge in [-0.2, -0.15) is 0 Å². The van der Waals surface area contributed by atoms with Crippen LogP contribution in [0.25, 0.3) is 21.5 Å². The fourth-order valence-corrected chi connectivity index (χ4v) is 2.85. The zero-order valence-corrected chi connectivity index (χ0v) is 14.6. The minimum Gasteiger partial charge on any atom is -0.496 e. The molecule has 0 saturated heterocycles. The molecule has 4 rings (SSSR count). The lowest BCUT2D eigenvalue weighted by Crippen LogP contribution is -1.91. The highest BCUT2D eigenvalue weighted by Crippen LogP contribution is 2.25. The van der Waals surface area contributed by atoms with Gasteiger partial charge in [0.05, 0.1) is 13.7 Å². The smallest absolute Gasteiger partial charge is 0.127 e. The molecular formula is C23H22O2. The standard InChI is InChI=1S/C12H12O.C11H10O/c1-2-13-12-9-5-7-10-6-3-4-8-11(10)12;1-12-11-8-4-6-9-5-2-3-7-10(9)11/h3-9H,2H2,1H3;2-8H,1H3. The molecule has 0 aliphatic heterocycles. The van der Waals surface area contributed by atoms with Gasteiger partial charge in [-0.05, 0) is 29.8 Å². The third-order valence-electron chi connectivity index (χ3n) is 4.02. The summed E-state index contributed by atoms with van der Waals surface area (Å²) in [6, 6.07) is 28.6. The summed E-state index contributed by atoms with van der Waals surface area (Å²) in [7, 11) is 1.70. The lowest BCUT2D eigenvalue weighted by molar-refractivity contribution is 0.344. The van der Waals surface area contributed by atoms with E-state index in [-0.39, 0.29) is 0 Å². The molecule has 4 aromatic rings. The summed E-state index contributed by atoms with van der Waals surface area (Å²) < 4.78 is 10.7. The molecule has 0 aliphatic rings. The molecule has 25 heavy (non-hydrogen) atoms. The molecule has 0 heterocycles. The lowest BCUT2D eigenvalue weighted by atomic mass is 10.1. The van der Waals surface area contributed by atoms with Crippen LogP contribution in [0, 0.1) is 0 Å². The number of benzene rings is 4. The van der Waals surface area contributed by atoms with Crippen LogP contribution in [0.15, 0.2) is 84.9 Å². The van der Waals surface area contributed by atoms with Gasteiger partial charge in [0.15, 0.2) is 0 Å². The van der Waals surface area contributed by atoms with Crippen LogP contribution in [0.2, 0.25) is 0 Å². The van der Waals surface area contributed by atoms with E-state index < -0.39 is 0 Å². The summed E-state index contributed by atoms with van der Waals surface area (Å²) >= 11 is 0. The Morgan fingerprint density at radius 1 is 0.600 bits per heavy atom. The Balaban J connectivity index is 0.000000146. The van der Waals surface area contributed by atoms with Crippen molar-refractivity contribution in [3.8, 4) is 11.5 Å². The Labute approximate surface area is 148 Å². The van der Waals surface area contributed by atoms with Crippen LogP contribution in [0.5, 0.6) is 11.5 Å². The molecule has 0 aliphatic carbocycles. The molecule has 0 N–H and O–H groups in total. The maximum atomic E-state index is 5.52. The maximum Gasteiger partial charge on any atom is 0.127 e. The molecule has 4 aromatic carbocycles. The van der Waals surface area contributed by atoms with Gasteiger partial charge in [0, 0.05) is 10.8 Å². The maximum absolute atomic E-state index is 5.52. The topological polar surface area (TPSA) is 18.5 Å². The van der Waals surface area contributed by atoms with Crippen LogP contribution in [0.1, 0.15) is 6.92 Å². The molecule has 0 spiro atoms. The van der Waals surface area contributed by atoms with Crippen molar-refractivity contribution in [1.29, 1.82) is 0 Å².